The first-order valence-corrected chi connectivity index (χ1v) is 7.52. The lowest BCUT2D eigenvalue weighted by atomic mass is 10.3. The lowest BCUT2D eigenvalue weighted by Crippen LogP contribution is -2.38. The molecule has 2 fully saturated rings. The highest BCUT2D eigenvalue weighted by molar-refractivity contribution is 6.32. The predicted octanol–water partition coefficient (Wildman–Crippen LogP) is 2.07. The molecule has 1 atom stereocenters. The molecule has 1 saturated carbocycles. The van der Waals surface area contributed by atoms with Crippen LogP contribution in [-0.2, 0) is 4.79 Å². The van der Waals surface area contributed by atoms with Gasteiger partial charge in [-0.15, -0.1) is 0 Å². The second kappa shape index (κ2) is 6.02. The van der Waals surface area contributed by atoms with E-state index in [1.54, 1.807) is 0 Å². The van der Waals surface area contributed by atoms with Crippen molar-refractivity contribution in [1.82, 2.24) is 10.2 Å². The van der Waals surface area contributed by atoms with Crippen LogP contribution in [0.1, 0.15) is 19.3 Å². The summed E-state index contributed by atoms with van der Waals surface area (Å²) in [5, 5.41) is 3.87. The Kier molecular flexibility index (Phi) is 4.13. The van der Waals surface area contributed by atoms with Crippen molar-refractivity contribution in [2.75, 3.05) is 19.6 Å². The molecule has 1 amide bonds. The topological polar surface area (TPSA) is 41.6 Å². The van der Waals surface area contributed by atoms with E-state index in [1.807, 2.05) is 29.2 Å². The molecule has 0 bridgehead atoms. The lowest BCUT2D eigenvalue weighted by Gasteiger charge is -2.18. The fourth-order valence-corrected chi connectivity index (χ4v) is 2.58. The third-order valence-corrected chi connectivity index (χ3v) is 4.06. The van der Waals surface area contributed by atoms with Crippen LogP contribution in [0.5, 0.6) is 5.75 Å². The number of para-hydroxylation sites is 1. The molecule has 4 nitrogen and oxygen atoms in total. The minimum absolute atomic E-state index is 0.0415. The van der Waals surface area contributed by atoms with Gasteiger partial charge in [-0.3, -0.25) is 4.79 Å². The minimum atomic E-state index is 0.0415. The molecule has 0 unspecified atom stereocenters. The molecule has 0 spiro atoms. The molecule has 0 radical (unpaired) electrons. The molecule has 2 aliphatic rings. The van der Waals surface area contributed by atoms with Gasteiger partial charge in [-0.25, -0.2) is 0 Å². The van der Waals surface area contributed by atoms with Crippen LogP contribution in [-0.4, -0.2) is 42.6 Å². The highest BCUT2D eigenvalue weighted by Crippen LogP contribution is 2.26. The van der Waals surface area contributed by atoms with Crippen LogP contribution in [0.25, 0.3) is 0 Å². The smallest absolute Gasteiger partial charge is 0.236 e. The SMILES string of the molecule is O=C(CNC1CC1)N1CC[C@H](Oc2ccccc2Cl)C1. The molecule has 1 heterocycles. The zero-order valence-corrected chi connectivity index (χ0v) is 12.1. The van der Waals surface area contributed by atoms with Gasteiger partial charge in [0.25, 0.3) is 0 Å². The fraction of sp³-hybridized carbons (Fsp3) is 0.533. The Morgan fingerprint density at radius 2 is 2.15 bits per heavy atom. The first-order valence-electron chi connectivity index (χ1n) is 7.15. The standard InChI is InChI=1S/C15H19ClN2O2/c16-13-3-1-2-4-14(13)20-12-7-8-18(10-12)15(19)9-17-11-5-6-11/h1-4,11-12,17H,5-10H2/t12-/m0/s1. The van der Waals surface area contributed by atoms with Crippen molar-refractivity contribution in [3.63, 3.8) is 0 Å². The zero-order valence-electron chi connectivity index (χ0n) is 11.3. The number of halogens is 1. The van der Waals surface area contributed by atoms with Crippen LogP contribution >= 0.6 is 11.6 Å². The molecule has 1 N–H and O–H groups in total. The lowest BCUT2D eigenvalue weighted by molar-refractivity contribution is -0.129. The monoisotopic (exact) mass is 294 g/mol. The molecule has 108 valence electrons. The van der Waals surface area contributed by atoms with E-state index in [1.165, 1.54) is 12.8 Å². The molecule has 20 heavy (non-hydrogen) atoms. The fourth-order valence-electron chi connectivity index (χ4n) is 2.40. The van der Waals surface area contributed by atoms with Gasteiger partial charge < -0.3 is 15.0 Å². The van der Waals surface area contributed by atoms with Crippen molar-refractivity contribution >= 4 is 17.5 Å². The molecule has 5 heteroatoms. The Morgan fingerprint density at radius 1 is 1.35 bits per heavy atom. The number of ether oxygens (including phenoxy) is 1. The maximum absolute atomic E-state index is 12.0. The van der Waals surface area contributed by atoms with E-state index in [4.69, 9.17) is 16.3 Å². The van der Waals surface area contributed by atoms with E-state index >= 15 is 0 Å². The number of nitrogens with one attached hydrogen (secondary N) is 1. The molecule has 0 aromatic heterocycles. The van der Waals surface area contributed by atoms with Crippen LogP contribution in [0.4, 0.5) is 0 Å². The Balaban J connectivity index is 1.48. The van der Waals surface area contributed by atoms with Gasteiger partial charge in [0.1, 0.15) is 11.9 Å². The van der Waals surface area contributed by atoms with E-state index in [9.17, 15) is 4.79 Å². The van der Waals surface area contributed by atoms with Gasteiger partial charge in [0.2, 0.25) is 5.91 Å². The number of nitrogens with zero attached hydrogens (tertiary/aromatic N) is 1. The molecule has 1 aliphatic heterocycles. The first kappa shape index (κ1) is 13.7. The average molecular weight is 295 g/mol. The molecule has 3 rings (SSSR count). The first-order chi connectivity index (χ1) is 9.72. The van der Waals surface area contributed by atoms with Gasteiger partial charge in [0, 0.05) is 19.0 Å². The molecular formula is C15H19ClN2O2. The molecule has 1 saturated heterocycles. The Morgan fingerprint density at radius 3 is 2.90 bits per heavy atom. The largest absolute Gasteiger partial charge is 0.487 e. The van der Waals surface area contributed by atoms with Crippen LogP contribution in [0, 0.1) is 0 Å². The summed E-state index contributed by atoms with van der Waals surface area (Å²) in [6.45, 7) is 1.86. The van der Waals surface area contributed by atoms with E-state index in [0.717, 1.165) is 13.0 Å². The Labute approximate surface area is 124 Å². The van der Waals surface area contributed by atoms with Gasteiger partial charge in [0.15, 0.2) is 0 Å². The molecular weight excluding hydrogens is 276 g/mol. The van der Waals surface area contributed by atoms with E-state index in [0.29, 0.717) is 29.9 Å². The van der Waals surface area contributed by atoms with Crippen molar-refractivity contribution < 1.29 is 9.53 Å². The predicted molar refractivity (Wildman–Crippen MR) is 78.1 cm³/mol. The van der Waals surface area contributed by atoms with Crippen LogP contribution in [0.3, 0.4) is 0 Å². The number of carbonyl (C=O) groups is 1. The third kappa shape index (κ3) is 3.44. The number of carbonyl (C=O) groups excluding carboxylic acids is 1. The molecule has 1 aromatic carbocycles. The summed E-state index contributed by atoms with van der Waals surface area (Å²) in [5.74, 6) is 0.867. The summed E-state index contributed by atoms with van der Waals surface area (Å²) in [7, 11) is 0. The third-order valence-electron chi connectivity index (χ3n) is 3.75. The summed E-state index contributed by atoms with van der Waals surface area (Å²) in [4.78, 5) is 13.9. The molecule has 1 aromatic rings. The van der Waals surface area contributed by atoms with Crippen molar-refractivity contribution in [3.8, 4) is 5.75 Å². The quantitative estimate of drug-likeness (QED) is 0.904. The van der Waals surface area contributed by atoms with E-state index in [-0.39, 0.29) is 12.0 Å². The maximum atomic E-state index is 12.0. The second-order valence-electron chi connectivity index (χ2n) is 5.45. The van der Waals surface area contributed by atoms with Crippen LogP contribution < -0.4 is 10.1 Å². The Hall–Kier alpha value is -1.26. The number of hydrogen-bond acceptors (Lipinski definition) is 3. The van der Waals surface area contributed by atoms with Gasteiger partial charge >= 0.3 is 0 Å². The highest BCUT2D eigenvalue weighted by atomic mass is 35.5. The van der Waals surface area contributed by atoms with Crippen molar-refractivity contribution in [1.29, 1.82) is 0 Å². The zero-order chi connectivity index (χ0) is 13.9. The van der Waals surface area contributed by atoms with E-state index < -0.39 is 0 Å². The summed E-state index contributed by atoms with van der Waals surface area (Å²) in [6, 6.07) is 8.02. The number of hydrogen-bond donors (Lipinski definition) is 1. The van der Waals surface area contributed by atoms with Gasteiger partial charge in [0.05, 0.1) is 18.1 Å². The summed E-state index contributed by atoms with van der Waals surface area (Å²) < 4.78 is 5.88. The van der Waals surface area contributed by atoms with Crippen molar-refractivity contribution in [2.24, 2.45) is 0 Å². The highest BCUT2D eigenvalue weighted by Gasteiger charge is 2.29. The van der Waals surface area contributed by atoms with E-state index in [2.05, 4.69) is 5.32 Å². The number of amides is 1. The average Bonchev–Trinajstić information content (AvgIpc) is 3.16. The van der Waals surface area contributed by atoms with Gasteiger partial charge in [-0.2, -0.15) is 0 Å². The summed E-state index contributed by atoms with van der Waals surface area (Å²) in [6.07, 6.45) is 3.30. The van der Waals surface area contributed by atoms with Crippen LogP contribution in [0.15, 0.2) is 24.3 Å². The van der Waals surface area contributed by atoms with Gasteiger partial charge in [-0.05, 0) is 25.0 Å². The van der Waals surface area contributed by atoms with Crippen molar-refractivity contribution in [2.45, 2.75) is 31.4 Å². The van der Waals surface area contributed by atoms with Crippen LogP contribution in [0.2, 0.25) is 5.02 Å². The normalized spacial score (nSPS) is 22.1. The Bertz CT molecular complexity index is 491. The number of benzene rings is 1. The summed E-state index contributed by atoms with van der Waals surface area (Å²) in [5.41, 5.74) is 0. The molecule has 1 aliphatic carbocycles. The van der Waals surface area contributed by atoms with Gasteiger partial charge in [-0.1, -0.05) is 23.7 Å². The number of rotatable bonds is 5. The number of likely N-dealkylation sites (tertiary alicyclic amines) is 1. The maximum Gasteiger partial charge on any atom is 0.236 e. The van der Waals surface area contributed by atoms with Crippen molar-refractivity contribution in [3.05, 3.63) is 29.3 Å². The second-order valence-corrected chi connectivity index (χ2v) is 5.86. The minimum Gasteiger partial charge on any atom is -0.487 e. The summed E-state index contributed by atoms with van der Waals surface area (Å²) >= 11 is 6.08.